The maximum Gasteiger partial charge on any atom is 0.160 e. The third-order valence-corrected chi connectivity index (χ3v) is 8.37. The standard InChI is InChI=1S/C16H25N.C15H23NO2.C4H10O.C4H10.C3H8.C2H6/c1-5-11-17(12-16(4)9-10-16)15-8-6-7-13(2)14(15)3;1-5-10(2)15(12(4)18)13-7-6-8-14(13)16-9-11(3)17;1-3-4-5-2;1-3-4-2;1-3-2;1-2/h6-8H,5,9-12H2,1-4H3;16H,5-9H2,1-4H3;3-4H2,1-2H3;3-4H2,1-2H3;3H2,1-2H3;1-2H3. The van der Waals surface area contributed by atoms with Crippen LogP contribution in [0.3, 0.4) is 0 Å². The Hall–Kier alpha value is -2.40. The third kappa shape index (κ3) is 23.6. The average molecular weight is 687 g/mol. The van der Waals surface area contributed by atoms with Crippen molar-refractivity contribution in [3.8, 4) is 0 Å². The van der Waals surface area contributed by atoms with Crippen molar-refractivity contribution < 1.29 is 14.3 Å². The molecule has 0 atom stereocenters. The van der Waals surface area contributed by atoms with Gasteiger partial charge < -0.3 is 15.0 Å². The van der Waals surface area contributed by atoms with Crippen molar-refractivity contribution in [2.45, 2.75) is 174 Å². The first kappa shape index (κ1) is 51.0. The van der Waals surface area contributed by atoms with Gasteiger partial charge in [0.2, 0.25) is 0 Å². The molecule has 2 aliphatic rings. The fraction of sp³-hybridized carbons (Fsp3) is 0.727. The van der Waals surface area contributed by atoms with Crippen LogP contribution in [0.4, 0.5) is 5.69 Å². The molecule has 2 aliphatic carbocycles. The molecule has 1 N–H and O–H groups in total. The fourth-order valence-electron chi connectivity index (χ4n) is 5.06. The summed E-state index contributed by atoms with van der Waals surface area (Å²) in [6.07, 6.45) is 12.9. The van der Waals surface area contributed by atoms with Gasteiger partial charge in [-0.2, -0.15) is 0 Å². The number of nitrogens with one attached hydrogen (secondary N) is 1. The molecular formula is C44H82N2O3. The predicted molar refractivity (Wildman–Crippen MR) is 219 cm³/mol. The quantitative estimate of drug-likeness (QED) is 0.197. The van der Waals surface area contributed by atoms with Crippen LogP contribution in [-0.2, 0) is 14.3 Å². The molecule has 0 spiro atoms. The topological polar surface area (TPSA) is 58.6 Å². The Morgan fingerprint density at radius 3 is 1.84 bits per heavy atom. The number of aryl methyl sites for hydroxylation is 1. The third-order valence-electron chi connectivity index (χ3n) is 8.37. The smallest absolute Gasteiger partial charge is 0.160 e. The van der Waals surface area contributed by atoms with E-state index in [1.807, 2.05) is 20.8 Å². The van der Waals surface area contributed by atoms with E-state index in [0.717, 1.165) is 61.1 Å². The van der Waals surface area contributed by atoms with Crippen molar-refractivity contribution >= 4 is 17.3 Å². The second-order valence-electron chi connectivity index (χ2n) is 13.6. The first-order valence-electron chi connectivity index (χ1n) is 19.7. The highest BCUT2D eigenvalue weighted by molar-refractivity contribution is 5.98. The monoisotopic (exact) mass is 687 g/mol. The first-order chi connectivity index (χ1) is 23.3. The Labute approximate surface area is 306 Å². The molecule has 0 unspecified atom stereocenters. The lowest BCUT2D eigenvalue weighted by molar-refractivity contribution is -0.116. The molecule has 0 aromatic heterocycles. The Morgan fingerprint density at radius 2 is 1.45 bits per heavy atom. The molecule has 286 valence electrons. The number of ketones is 2. The molecule has 1 fully saturated rings. The number of nitrogens with zero attached hydrogens (tertiary/aromatic N) is 1. The van der Waals surface area contributed by atoms with Gasteiger partial charge in [-0.05, 0) is 114 Å². The number of ether oxygens (including phenoxy) is 1. The summed E-state index contributed by atoms with van der Waals surface area (Å²) in [5, 5.41) is 3.19. The summed E-state index contributed by atoms with van der Waals surface area (Å²) in [6.45, 7) is 34.8. The van der Waals surface area contributed by atoms with Gasteiger partial charge in [0.15, 0.2) is 5.78 Å². The first-order valence-corrected chi connectivity index (χ1v) is 19.7. The molecule has 0 heterocycles. The lowest BCUT2D eigenvalue weighted by Crippen LogP contribution is -2.30. The van der Waals surface area contributed by atoms with E-state index in [0.29, 0.717) is 12.0 Å². The fourth-order valence-corrected chi connectivity index (χ4v) is 5.06. The summed E-state index contributed by atoms with van der Waals surface area (Å²) >= 11 is 0. The van der Waals surface area contributed by atoms with E-state index >= 15 is 0 Å². The number of rotatable bonds is 14. The van der Waals surface area contributed by atoms with Crippen molar-refractivity contribution in [2.24, 2.45) is 5.41 Å². The van der Waals surface area contributed by atoms with E-state index in [9.17, 15) is 9.59 Å². The Morgan fingerprint density at radius 1 is 0.878 bits per heavy atom. The van der Waals surface area contributed by atoms with Gasteiger partial charge in [-0.15, -0.1) is 0 Å². The molecule has 0 radical (unpaired) electrons. The van der Waals surface area contributed by atoms with Gasteiger partial charge in [0.25, 0.3) is 0 Å². The molecule has 5 heteroatoms. The van der Waals surface area contributed by atoms with Gasteiger partial charge in [0.05, 0.1) is 6.54 Å². The highest BCUT2D eigenvalue weighted by Gasteiger charge is 2.38. The van der Waals surface area contributed by atoms with Crippen molar-refractivity contribution in [3.05, 3.63) is 51.7 Å². The number of carbonyl (C=O) groups excluding carboxylic acids is 2. The van der Waals surface area contributed by atoms with E-state index in [1.54, 1.807) is 21.0 Å². The molecule has 0 bridgehead atoms. The van der Waals surface area contributed by atoms with Crippen LogP contribution < -0.4 is 10.2 Å². The van der Waals surface area contributed by atoms with Crippen LogP contribution in [0.5, 0.6) is 0 Å². The maximum absolute atomic E-state index is 11.8. The molecule has 1 saturated carbocycles. The van der Waals surface area contributed by atoms with Crippen molar-refractivity contribution in [1.29, 1.82) is 0 Å². The Balaban J connectivity index is -0.000000628. The van der Waals surface area contributed by atoms with Gasteiger partial charge in [-0.25, -0.2) is 0 Å². The zero-order valence-electron chi connectivity index (χ0n) is 35.5. The van der Waals surface area contributed by atoms with E-state index in [4.69, 9.17) is 4.74 Å². The maximum atomic E-state index is 11.8. The Kier molecular flexibility index (Phi) is 32.8. The molecular weight excluding hydrogens is 604 g/mol. The minimum atomic E-state index is 0.120. The van der Waals surface area contributed by atoms with E-state index in [-0.39, 0.29) is 11.6 Å². The highest BCUT2D eigenvalue weighted by atomic mass is 16.5. The number of anilines is 1. The highest BCUT2D eigenvalue weighted by Crippen LogP contribution is 2.46. The minimum absolute atomic E-state index is 0.120. The number of allylic oxidation sites excluding steroid dienone is 4. The Bertz CT molecular complexity index is 1060. The normalized spacial score (nSPS) is 14.0. The second-order valence-corrected chi connectivity index (χ2v) is 13.6. The predicted octanol–water partition coefficient (Wildman–Crippen LogP) is 12.5. The summed E-state index contributed by atoms with van der Waals surface area (Å²) in [6, 6.07) is 6.68. The number of Topliss-reactive ketones (excluding diaryl/α,β-unsaturated/α-hetero) is 2. The van der Waals surface area contributed by atoms with Gasteiger partial charge in [-0.1, -0.05) is 106 Å². The largest absolute Gasteiger partial charge is 0.385 e. The van der Waals surface area contributed by atoms with Crippen LogP contribution in [-0.4, -0.2) is 44.9 Å². The average Bonchev–Trinajstić information content (AvgIpc) is 3.63. The minimum Gasteiger partial charge on any atom is -0.385 e. The lowest BCUT2D eigenvalue weighted by Gasteiger charge is -2.29. The molecule has 0 aliphatic heterocycles. The summed E-state index contributed by atoms with van der Waals surface area (Å²) in [5.41, 5.74) is 9.12. The molecule has 3 rings (SSSR count). The van der Waals surface area contributed by atoms with Crippen molar-refractivity contribution in [1.82, 2.24) is 5.32 Å². The second kappa shape index (κ2) is 31.6. The van der Waals surface area contributed by atoms with Crippen LogP contribution in [0.15, 0.2) is 40.6 Å². The van der Waals surface area contributed by atoms with Crippen molar-refractivity contribution in [2.75, 3.05) is 38.3 Å². The zero-order valence-corrected chi connectivity index (χ0v) is 35.5. The molecule has 1 aromatic carbocycles. The number of hydrogen-bond donors (Lipinski definition) is 1. The summed E-state index contributed by atoms with van der Waals surface area (Å²) in [4.78, 5) is 25.5. The van der Waals surface area contributed by atoms with E-state index in [2.05, 4.69) is 97.7 Å². The molecule has 1 aromatic rings. The van der Waals surface area contributed by atoms with Crippen molar-refractivity contribution in [3.63, 3.8) is 0 Å². The van der Waals surface area contributed by atoms with Crippen LogP contribution in [0.2, 0.25) is 0 Å². The molecule has 5 nitrogen and oxygen atoms in total. The van der Waals surface area contributed by atoms with Gasteiger partial charge in [0.1, 0.15) is 5.78 Å². The van der Waals surface area contributed by atoms with Gasteiger partial charge >= 0.3 is 0 Å². The lowest BCUT2D eigenvalue weighted by atomic mass is 9.95. The number of carbonyl (C=O) groups is 2. The zero-order chi connectivity index (χ0) is 38.4. The number of hydrogen-bond acceptors (Lipinski definition) is 5. The number of benzene rings is 1. The summed E-state index contributed by atoms with van der Waals surface area (Å²) in [5.74, 6) is 0.252. The summed E-state index contributed by atoms with van der Waals surface area (Å²) in [7, 11) is 1.71. The van der Waals surface area contributed by atoms with Gasteiger partial charge in [-0.3, -0.25) is 9.59 Å². The van der Waals surface area contributed by atoms with Crippen LogP contribution in [0, 0.1) is 19.3 Å². The number of methoxy groups -OCH3 is 1. The van der Waals surface area contributed by atoms with E-state index < -0.39 is 0 Å². The molecule has 49 heavy (non-hydrogen) atoms. The molecule has 0 amide bonds. The van der Waals surface area contributed by atoms with E-state index in [1.165, 1.54) is 68.4 Å². The van der Waals surface area contributed by atoms with Gasteiger partial charge in [0, 0.05) is 43.8 Å². The van der Waals surface area contributed by atoms with Crippen LogP contribution in [0.1, 0.15) is 172 Å². The number of unbranched alkanes of at least 4 members (excludes halogenated alkanes) is 1. The summed E-state index contributed by atoms with van der Waals surface area (Å²) < 4.78 is 4.69. The molecule has 0 saturated heterocycles. The van der Waals surface area contributed by atoms with Crippen LogP contribution >= 0.6 is 0 Å². The van der Waals surface area contributed by atoms with Crippen LogP contribution in [0.25, 0.3) is 0 Å². The SMILES string of the molecule is CC.CCC.CCC(C)=C(C(C)=O)C1=C(NCC(C)=O)CCC1.CCCC.CCCN(CC1(C)CC1)c1cccc(C)c1C.CCCOC.